The van der Waals surface area contributed by atoms with Crippen LogP contribution in [0.15, 0.2) is 24.3 Å². The number of rotatable bonds is 8. The molecule has 0 heterocycles. The zero-order valence-corrected chi connectivity index (χ0v) is 11.1. The molecule has 0 spiro atoms. The van der Waals surface area contributed by atoms with E-state index in [0.717, 1.165) is 12.1 Å². The van der Waals surface area contributed by atoms with E-state index >= 15 is 0 Å². The average molecular weight is 293 g/mol. The van der Waals surface area contributed by atoms with Gasteiger partial charge < -0.3 is 19.9 Å². The van der Waals surface area contributed by atoms with Crippen molar-refractivity contribution in [1.29, 1.82) is 0 Å². The Morgan fingerprint density at radius 2 is 2.05 bits per heavy atom. The molecule has 0 fully saturated rings. The summed E-state index contributed by atoms with van der Waals surface area (Å²) in [5.74, 6) is 0. The Hall–Kier alpha value is -1.31. The molecule has 0 aromatic heterocycles. The van der Waals surface area contributed by atoms with Crippen molar-refractivity contribution in [2.24, 2.45) is 0 Å². The van der Waals surface area contributed by atoms with Crippen LogP contribution in [-0.4, -0.2) is 44.7 Å². The maximum Gasteiger partial charge on any atom is 0.416 e. The number of aliphatic hydroxyl groups is 1. The Balaban J connectivity index is 2.38. The molecular formula is C13H18F3NO3. The number of aliphatic hydroxyl groups excluding tert-OH is 1. The van der Waals surface area contributed by atoms with Crippen LogP contribution in [0.25, 0.3) is 0 Å². The minimum absolute atomic E-state index is 0.0926. The Labute approximate surface area is 115 Å². The van der Waals surface area contributed by atoms with Crippen LogP contribution in [0.4, 0.5) is 18.9 Å². The van der Waals surface area contributed by atoms with Gasteiger partial charge in [-0.25, -0.2) is 0 Å². The van der Waals surface area contributed by atoms with Gasteiger partial charge in [0.2, 0.25) is 0 Å². The maximum atomic E-state index is 12.5. The van der Waals surface area contributed by atoms with Gasteiger partial charge in [0.05, 0.1) is 31.5 Å². The second-order valence-corrected chi connectivity index (χ2v) is 4.18. The van der Waals surface area contributed by atoms with Crippen LogP contribution in [0.5, 0.6) is 0 Å². The van der Waals surface area contributed by atoms with Crippen LogP contribution in [-0.2, 0) is 15.7 Å². The van der Waals surface area contributed by atoms with E-state index in [1.54, 1.807) is 0 Å². The van der Waals surface area contributed by atoms with Crippen molar-refractivity contribution in [3.8, 4) is 0 Å². The molecule has 1 rings (SSSR count). The monoisotopic (exact) mass is 293 g/mol. The molecule has 1 unspecified atom stereocenters. The third kappa shape index (κ3) is 6.23. The van der Waals surface area contributed by atoms with Gasteiger partial charge >= 0.3 is 6.18 Å². The summed E-state index contributed by atoms with van der Waals surface area (Å²) in [5.41, 5.74) is -0.427. The molecule has 7 heteroatoms. The second-order valence-electron chi connectivity index (χ2n) is 4.18. The highest BCUT2D eigenvalue weighted by atomic mass is 19.4. The van der Waals surface area contributed by atoms with Crippen LogP contribution in [0.3, 0.4) is 0 Å². The van der Waals surface area contributed by atoms with Crippen molar-refractivity contribution in [2.75, 3.05) is 38.8 Å². The van der Waals surface area contributed by atoms with Gasteiger partial charge in [0.1, 0.15) is 0 Å². The zero-order valence-electron chi connectivity index (χ0n) is 11.1. The van der Waals surface area contributed by atoms with Gasteiger partial charge in [-0.2, -0.15) is 13.2 Å². The minimum Gasteiger partial charge on any atom is -0.389 e. The van der Waals surface area contributed by atoms with E-state index in [4.69, 9.17) is 9.47 Å². The fourth-order valence-corrected chi connectivity index (χ4v) is 1.46. The van der Waals surface area contributed by atoms with Gasteiger partial charge in [-0.05, 0) is 18.2 Å². The van der Waals surface area contributed by atoms with E-state index in [1.165, 1.54) is 19.2 Å². The molecule has 0 amide bonds. The van der Waals surface area contributed by atoms with Gasteiger partial charge in [-0.15, -0.1) is 0 Å². The number of hydrogen-bond acceptors (Lipinski definition) is 4. The zero-order chi connectivity index (χ0) is 15.0. The van der Waals surface area contributed by atoms with Crippen molar-refractivity contribution < 1.29 is 27.8 Å². The van der Waals surface area contributed by atoms with Gasteiger partial charge in [0.25, 0.3) is 0 Å². The van der Waals surface area contributed by atoms with Crippen molar-refractivity contribution in [3.63, 3.8) is 0 Å². The van der Waals surface area contributed by atoms with E-state index < -0.39 is 17.8 Å². The van der Waals surface area contributed by atoms with Gasteiger partial charge in [-0.3, -0.25) is 0 Å². The number of nitrogens with one attached hydrogen (secondary N) is 1. The van der Waals surface area contributed by atoms with E-state index in [9.17, 15) is 18.3 Å². The second kappa shape index (κ2) is 8.08. The van der Waals surface area contributed by atoms with Gasteiger partial charge in [0, 0.05) is 19.3 Å². The fourth-order valence-electron chi connectivity index (χ4n) is 1.46. The lowest BCUT2D eigenvalue weighted by Crippen LogP contribution is -2.25. The molecule has 2 N–H and O–H groups in total. The number of methoxy groups -OCH3 is 1. The molecule has 0 aliphatic carbocycles. The number of ether oxygens (including phenoxy) is 2. The number of anilines is 1. The minimum atomic E-state index is -4.38. The quantitative estimate of drug-likeness (QED) is 0.721. The Morgan fingerprint density at radius 1 is 1.30 bits per heavy atom. The van der Waals surface area contributed by atoms with Crippen LogP contribution in [0.2, 0.25) is 0 Å². The van der Waals surface area contributed by atoms with E-state index in [2.05, 4.69) is 5.32 Å². The lowest BCUT2D eigenvalue weighted by atomic mass is 10.2. The number of hydrogen-bond donors (Lipinski definition) is 2. The molecule has 0 aliphatic heterocycles. The van der Waals surface area contributed by atoms with Crippen molar-refractivity contribution >= 4 is 5.69 Å². The Bertz CT molecular complexity index is 399. The Kier molecular flexibility index (Phi) is 6.77. The van der Waals surface area contributed by atoms with E-state index in [1.807, 2.05) is 0 Å². The Morgan fingerprint density at radius 3 is 2.70 bits per heavy atom. The molecule has 1 aromatic rings. The van der Waals surface area contributed by atoms with Crippen molar-refractivity contribution in [1.82, 2.24) is 0 Å². The average Bonchev–Trinajstić information content (AvgIpc) is 2.41. The molecule has 0 saturated carbocycles. The van der Waals surface area contributed by atoms with E-state index in [-0.39, 0.29) is 13.2 Å². The smallest absolute Gasteiger partial charge is 0.389 e. The van der Waals surface area contributed by atoms with E-state index in [0.29, 0.717) is 18.9 Å². The highest BCUT2D eigenvalue weighted by Gasteiger charge is 2.30. The highest BCUT2D eigenvalue weighted by molar-refractivity contribution is 5.46. The molecule has 0 aliphatic rings. The topological polar surface area (TPSA) is 50.7 Å². The summed E-state index contributed by atoms with van der Waals surface area (Å²) in [6, 6.07) is 4.81. The lowest BCUT2D eigenvalue weighted by Gasteiger charge is -2.14. The largest absolute Gasteiger partial charge is 0.416 e. The summed E-state index contributed by atoms with van der Waals surface area (Å²) >= 11 is 0. The fraction of sp³-hybridized carbons (Fsp3) is 0.538. The third-order valence-electron chi connectivity index (χ3n) is 2.47. The number of halogens is 3. The summed E-state index contributed by atoms with van der Waals surface area (Å²) in [5, 5.41) is 12.3. The van der Waals surface area contributed by atoms with Gasteiger partial charge in [0.15, 0.2) is 0 Å². The molecule has 0 radical (unpaired) electrons. The maximum absolute atomic E-state index is 12.5. The predicted octanol–water partition coefficient (Wildman–Crippen LogP) is 2.14. The van der Waals surface area contributed by atoms with Crippen LogP contribution in [0, 0.1) is 0 Å². The molecule has 4 nitrogen and oxygen atoms in total. The first-order valence-electron chi connectivity index (χ1n) is 6.09. The SMILES string of the molecule is COCCOCC(O)CNc1cccc(C(F)(F)F)c1. The summed E-state index contributed by atoms with van der Waals surface area (Å²) in [6.45, 7) is 0.981. The molecule has 20 heavy (non-hydrogen) atoms. The molecule has 1 aromatic carbocycles. The molecule has 1 atom stereocenters. The molecule has 0 bridgehead atoms. The van der Waals surface area contributed by atoms with Crippen molar-refractivity contribution in [3.05, 3.63) is 29.8 Å². The molecule has 0 saturated heterocycles. The first-order valence-corrected chi connectivity index (χ1v) is 6.09. The summed E-state index contributed by atoms with van der Waals surface area (Å²) in [4.78, 5) is 0. The first kappa shape index (κ1) is 16.7. The highest BCUT2D eigenvalue weighted by Crippen LogP contribution is 2.30. The number of alkyl halides is 3. The lowest BCUT2D eigenvalue weighted by molar-refractivity contribution is -0.137. The predicted molar refractivity (Wildman–Crippen MR) is 68.6 cm³/mol. The van der Waals surface area contributed by atoms with Crippen LogP contribution in [0.1, 0.15) is 5.56 Å². The number of benzene rings is 1. The summed E-state index contributed by atoms with van der Waals surface area (Å²) < 4.78 is 47.4. The van der Waals surface area contributed by atoms with Crippen LogP contribution >= 0.6 is 0 Å². The van der Waals surface area contributed by atoms with Crippen molar-refractivity contribution in [2.45, 2.75) is 12.3 Å². The molecular weight excluding hydrogens is 275 g/mol. The molecule has 114 valence electrons. The summed E-state index contributed by atoms with van der Waals surface area (Å²) in [6.07, 6.45) is -5.18. The summed E-state index contributed by atoms with van der Waals surface area (Å²) in [7, 11) is 1.54. The third-order valence-corrected chi connectivity index (χ3v) is 2.47. The first-order chi connectivity index (χ1) is 9.43. The van der Waals surface area contributed by atoms with Gasteiger partial charge in [-0.1, -0.05) is 6.07 Å². The van der Waals surface area contributed by atoms with Crippen LogP contribution < -0.4 is 5.32 Å². The normalized spacial score (nSPS) is 13.2. The standard InChI is InChI=1S/C13H18F3NO3/c1-19-5-6-20-9-12(18)8-17-11-4-2-3-10(7-11)13(14,15)16/h2-4,7,12,17-18H,5-6,8-9H2,1H3.